The van der Waals surface area contributed by atoms with Crippen molar-refractivity contribution >= 4 is 35.8 Å². The Labute approximate surface area is 148 Å². The van der Waals surface area contributed by atoms with Crippen LogP contribution in [0, 0.1) is 4.77 Å². The molecule has 1 aliphatic rings. The number of benzene rings is 2. The second-order valence-corrected chi connectivity index (χ2v) is 5.93. The molecule has 1 aliphatic heterocycles. The summed E-state index contributed by atoms with van der Waals surface area (Å²) in [5.74, 6) is -0.203. The monoisotopic (exact) mass is 347 g/mol. The Morgan fingerprint density at radius 2 is 1.80 bits per heavy atom. The summed E-state index contributed by atoms with van der Waals surface area (Å²) in [4.78, 5) is 19.3. The summed E-state index contributed by atoms with van der Waals surface area (Å²) in [5.41, 5.74) is 2.86. The number of aromatic amines is 1. The molecule has 4 rings (SSSR count). The van der Waals surface area contributed by atoms with E-state index in [-0.39, 0.29) is 16.2 Å². The Hall–Kier alpha value is -3.25. The highest BCUT2D eigenvalue weighted by Crippen LogP contribution is 2.33. The minimum absolute atomic E-state index is 0.135. The maximum Gasteiger partial charge on any atom is 0.262 e. The second-order valence-electron chi connectivity index (χ2n) is 5.54. The average Bonchev–Trinajstić information content (AvgIpc) is 3.02. The summed E-state index contributed by atoms with van der Waals surface area (Å²) in [7, 11) is 0. The topological polar surface area (TPSA) is 70.4 Å². The van der Waals surface area contributed by atoms with Gasteiger partial charge in [0.15, 0.2) is 4.77 Å². The third-order valence-electron chi connectivity index (χ3n) is 3.99. The molecule has 2 N–H and O–H groups in total. The molecule has 0 bridgehead atoms. The first kappa shape index (κ1) is 15.3. The normalized spacial score (nSPS) is 14.0. The number of rotatable bonds is 2. The van der Waals surface area contributed by atoms with Gasteiger partial charge in [0.25, 0.3) is 5.56 Å². The maximum absolute atomic E-state index is 12.4. The molecular weight excluding hydrogens is 334 g/mol. The molecule has 0 unspecified atom stereocenters. The molecule has 6 heteroatoms. The number of H-pyrrole nitrogens is 1. The summed E-state index contributed by atoms with van der Waals surface area (Å²) >= 11 is 5.21. The van der Waals surface area contributed by atoms with Crippen LogP contribution in [-0.4, -0.2) is 20.9 Å². The van der Waals surface area contributed by atoms with Gasteiger partial charge in [-0.15, -0.1) is 0 Å². The van der Waals surface area contributed by atoms with Crippen LogP contribution in [0.3, 0.4) is 0 Å². The van der Waals surface area contributed by atoms with E-state index in [2.05, 4.69) is 9.98 Å². The third-order valence-corrected chi connectivity index (χ3v) is 4.28. The van der Waals surface area contributed by atoms with Crippen molar-refractivity contribution in [1.29, 1.82) is 0 Å². The van der Waals surface area contributed by atoms with Crippen LogP contribution in [0.2, 0.25) is 0 Å². The van der Waals surface area contributed by atoms with Gasteiger partial charge < -0.3 is 5.11 Å². The minimum atomic E-state index is -0.444. The van der Waals surface area contributed by atoms with Crippen LogP contribution >= 0.6 is 12.2 Å². The van der Waals surface area contributed by atoms with E-state index in [1.54, 1.807) is 24.4 Å². The zero-order valence-electron chi connectivity index (χ0n) is 13.0. The van der Waals surface area contributed by atoms with Crippen LogP contribution in [0.4, 0.5) is 5.69 Å². The molecule has 2 heterocycles. The Kier molecular flexibility index (Phi) is 3.66. The van der Waals surface area contributed by atoms with Crippen LogP contribution in [0.25, 0.3) is 17.3 Å². The molecule has 25 heavy (non-hydrogen) atoms. The first-order valence-electron chi connectivity index (χ1n) is 7.64. The quantitative estimate of drug-likeness (QED) is 0.692. The van der Waals surface area contributed by atoms with E-state index in [1.165, 1.54) is 4.57 Å². The van der Waals surface area contributed by atoms with Crippen LogP contribution in [0.1, 0.15) is 11.1 Å². The summed E-state index contributed by atoms with van der Waals surface area (Å²) < 4.78 is 1.57. The van der Waals surface area contributed by atoms with Gasteiger partial charge in [-0.3, -0.25) is 19.3 Å². The summed E-state index contributed by atoms with van der Waals surface area (Å²) in [6.07, 6.45) is 3.30. The SMILES string of the molecule is O=c1[nH]c(=S)n(-c2ccccc2)c(O)c1C=C1C=Nc2ccccc21. The Morgan fingerprint density at radius 3 is 2.60 bits per heavy atom. The van der Waals surface area contributed by atoms with E-state index < -0.39 is 5.56 Å². The van der Waals surface area contributed by atoms with Gasteiger partial charge in [-0.2, -0.15) is 0 Å². The molecule has 0 aliphatic carbocycles. The molecule has 0 amide bonds. The summed E-state index contributed by atoms with van der Waals surface area (Å²) in [6, 6.07) is 16.8. The highest BCUT2D eigenvalue weighted by atomic mass is 32.1. The minimum Gasteiger partial charge on any atom is -0.494 e. The van der Waals surface area contributed by atoms with Crippen LogP contribution in [-0.2, 0) is 0 Å². The zero-order valence-corrected chi connectivity index (χ0v) is 13.8. The lowest BCUT2D eigenvalue weighted by molar-refractivity contribution is 0.432. The third kappa shape index (κ3) is 2.62. The van der Waals surface area contributed by atoms with Gasteiger partial charge in [-0.1, -0.05) is 36.4 Å². The van der Waals surface area contributed by atoms with Gasteiger partial charge in [0.05, 0.1) is 11.4 Å². The van der Waals surface area contributed by atoms with Crippen molar-refractivity contribution in [2.45, 2.75) is 0 Å². The number of hydrogen-bond acceptors (Lipinski definition) is 4. The molecule has 122 valence electrons. The molecule has 0 saturated heterocycles. The Bertz CT molecular complexity index is 1140. The molecule has 5 nitrogen and oxygen atoms in total. The van der Waals surface area contributed by atoms with Gasteiger partial charge in [0, 0.05) is 17.4 Å². The lowest BCUT2D eigenvalue weighted by Crippen LogP contribution is -2.16. The predicted molar refractivity (Wildman–Crippen MR) is 101 cm³/mol. The first-order valence-corrected chi connectivity index (χ1v) is 8.05. The van der Waals surface area contributed by atoms with E-state index in [1.807, 2.05) is 42.5 Å². The Balaban J connectivity index is 1.93. The van der Waals surface area contributed by atoms with Crippen molar-refractivity contribution < 1.29 is 5.11 Å². The van der Waals surface area contributed by atoms with Gasteiger partial charge >= 0.3 is 0 Å². The predicted octanol–water partition coefficient (Wildman–Crippen LogP) is 3.86. The highest BCUT2D eigenvalue weighted by molar-refractivity contribution is 7.71. The van der Waals surface area contributed by atoms with Crippen LogP contribution in [0.15, 0.2) is 64.4 Å². The molecule has 0 fully saturated rings. The lowest BCUT2D eigenvalue weighted by Gasteiger charge is -2.11. The van der Waals surface area contributed by atoms with Crippen molar-refractivity contribution in [1.82, 2.24) is 9.55 Å². The molecule has 2 aromatic carbocycles. The van der Waals surface area contributed by atoms with Gasteiger partial charge in [0.1, 0.15) is 5.56 Å². The molecule has 0 spiro atoms. The number of aliphatic imine (C=N–C) groups is 1. The second kappa shape index (κ2) is 5.99. The van der Waals surface area contributed by atoms with Crippen molar-refractivity contribution in [3.05, 3.63) is 80.8 Å². The number of aromatic nitrogens is 2. The summed E-state index contributed by atoms with van der Waals surface area (Å²) in [6.45, 7) is 0. The van der Waals surface area contributed by atoms with Crippen molar-refractivity contribution in [3.8, 4) is 11.6 Å². The van der Waals surface area contributed by atoms with Gasteiger partial charge in [0.2, 0.25) is 5.88 Å². The van der Waals surface area contributed by atoms with Crippen molar-refractivity contribution in [2.75, 3.05) is 0 Å². The number of fused-ring (bicyclic) bond motifs is 1. The molecular formula is C19H13N3O2S. The first-order chi connectivity index (χ1) is 12.1. The van der Waals surface area contributed by atoms with E-state index in [9.17, 15) is 9.90 Å². The van der Waals surface area contributed by atoms with Crippen LogP contribution < -0.4 is 5.56 Å². The molecule has 0 radical (unpaired) electrons. The number of para-hydroxylation sites is 2. The largest absolute Gasteiger partial charge is 0.494 e. The van der Waals surface area contributed by atoms with Crippen molar-refractivity contribution in [3.63, 3.8) is 0 Å². The van der Waals surface area contributed by atoms with Crippen LogP contribution in [0.5, 0.6) is 5.88 Å². The fraction of sp³-hybridized carbons (Fsp3) is 0. The lowest BCUT2D eigenvalue weighted by atomic mass is 10.1. The molecule has 1 aromatic heterocycles. The van der Waals surface area contributed by atoms with Gasteiger partial charge in [-0.25, -0.2) is 0 Å². The van der Waals surface area contributed by atoms with E-state index in [4.69, 9.17) is 12.2 Å². The summed E-state index contributed by atoms with van der Waals surface area (Å²) in [5, 5.41) is 10.7. The van der Waals surface area contributed by atoms with Gasteiger partial charge in [-0.05, 0) is 36.5 Å². The number of aromatic hydroxyl groups is 1. The number of hydrogen-bond donors (Lipinski definition) is 2. The number of nitrogens with one attached hydrogen (secondary N) is 1. The zero-order chi connectivity index (χ0) is 17.4. The van der Waals surface area contributed by atoms with Crippen molar-refractivity contribution in [2.24, 2.45) is 4.99 Å². The Morgan fingerprint density at radius 1 is 1.08 bits per heavy atom. The maximum atomic E-state index is 12.4. The fourth-order valence-electron chi connectivity index (χ4n) is 2.79. The molecule has 0 atom stereocenters. The highest BCUT2D eigenvalue weighted by Gasteiger charge is 2.16. The average molecular weight is 347 g/mol. The molecule has 3 aromatic rings. The molecule has 0 saturated carbocycles. The number of nitrogens with zero attached hydrogens (tertiary/aromatic N) is 2. The fourth-order valence-corrected chi connectivity index (χ4v) is 3.08. The number of allylic oxidation sites excluding steroid dienone is 1. The standard InChI is InChI=1S/C19H13N3O2S/c23-17-15(10-12-11-20-16-9-5-4-8-14(12)16)18(24)22(19(25)21-17)13-6-2-1-3-7-13/h1-11,24H,(H,21,23,25). The van der Waals surface area contributed by atoms with E-state index >= 15 is 0 Å². The van der Waals surface area contributed by atoms with E-state index in [0.29, 0.717) is 5.69 Å². The smallest absolute Gasteiger partial charge is 0.262 e. The van der Waals surface area contributed by atoms with E-state index in [0.717, 1.165) is 16.8 Å².